The minimum atomic E-state index is -0.831. The van der Waals surface area contributed by atoms with Crippen LogP contribution in [0.2, 0.25) is 0 Å². The number of benzene rings is 1. The van der Waals surface area contributed by atoms with Crippen molar-refractivity contribution < 1.29 is 19.4 Å². The maximum atomic E-state index is 11.4. The maximum absolute atomic E-state index is 11.4. The topological polar surface area (TPSA) is 63.6 Å². The molecule has 0 aliphatic carbocycles. The minimum absolute atomic E-state index is 0.0826. The molecule has 0 aliphatic rings. The van der Waals surface area contributed by atoms with Crippen LogP contribution in [0.3, 0.4) is 0 Å². The van der Waals surface area contributed by atoms with Crippen molar-refractivity contribution in [3.8, 4) is 0 Å². The van der Waals surface area contributed by atoms with Gasteiger partial charge in [-0.2, -0.15) is 0 Å². The fourth-order valence-corrected chi connectivity index (χ4v) is 1.94. The first-order chi connectivity index (χ1) is 8.08. The van der Waals surface area contributed by atoms with Gasteiger partial charge >= 0.3 is 11.9 Å². The Morgan fingerprint density at radius 3 is 2.65 bits per heavy atom. The fourth-order valence-electron chi connectivity index (χ4n) is 1.47. The quantitative estimate of drug-likeness (QED) is 0.670. The third-order valence-corrected chi connectivity index (χ3v) is 2.95. The van der Waals surface area contributed by atoms with Gasteiger partial charge in [0.05, 0.1) is 12.7 Å². The van der Waals surface area contributed by atoms with Crippen molar-refractivity contribution >= 4 is 27.9 Å². The van der Waals surface area contributed by atoms with Crippen molar-refractivity contribution in [3.63, 3.8) is 0 Å². The lowest BCUT2D eigenvalue weighted by Crippen LogP contribution is -2.06. The van der Waals surface area contributed by atoms with Crippen molar-refractivity contribution in [2.75, 3.05) is 7.11 Å². The summed E-state index contributed by atoms with van der Waals surface area (Å²) in [6.07, 6.45) is 0.538. The summed E-state index contributed by atoms with van der Waals surface area (Å²) >= 11 is 3.30. The lowest BCUT2D eigenvalue weighted by Gasteiger charge is -2.07. The predicted octanol–water partition coefficient (Wildman–Crippen LogP) is 2.39. The van der Waals surface area contributed by atoms with Crippen LogP contribution in [-0.2, 0) is 21.3 Å². The summed E-state index contributed by atoms with van der Waals surface area (Å²) < 4.78 is 4.66. The Labute approximate surface area is 108 Å². The molecule has 17 heavy (non-hydrogen) atoms. The van der Waals surface area contributed by atoms with Crippen molar-refractivity contribution in [2.45, 2.75) is 18.2 Å². The Kier molecular flexibility index (Phi) is 5.15. The Balaban J connectivity index is 2.92. The van der Waals surface area contributed by atoms with E-state index in [4.69, 9.17) is 5.11 Å². The van der Waals surface area contributed by atoms with E-state index in [1.165, 1.54) is 7.11 Å². The Hall–Kier alpha value is -1.36. The number of rotatable bonds is 5. The summed E-state index contributed by atoms with van der Waals surface area (Å²) in [6, 6.07) is 5.24. The molecule has 0 spiro atoms. The van der Waals surface area contributed by atoms with Gasteiger partial charge in [-0.1, -0.05) is 28.1 Å². The van der Waals surface area contributed by atoms with Gasteiger partial charge in [0.1, 0.15) is 0 Å². The molecule has 5 heteroatoms. The number of hydrogen-bond acceptors (Lipinski definition) is 3. The van der Waals surface area contributed by atoms with Crippen LogP contribution in [0, 0.1) is 0 Å². The Bertz CT molecular complexity index is 429. The number of methoxy groups -OCH3 is 1. The van der Waals surface area contributed by atoms with Gasteiger partial charge in [-0.05, 0) is 23.6 Å². The lowest BCUT2D eigenvalue weighted by molar-refractivity contribution is -0.136. The van der Waals surface area contributed by atoms with E-state index < -0.39 is 5.97 Å². The number of hydrogen-bond donors (Lipinski definition) is 1. The number of aryl methyl sites for hydroxylation is 1. The zero-order valence-electron chi connectivity index (χ0n) is 9.40. The second kappa shape index (κ2) is 6.39. The van der Waals surface area contributed by atoms with Crippen LogP contribution in [0.5, 0.6) is 0 Å². The minimum Gasteiger partial charge on any atom is -0.481 e. The smallest absolute Gasteiger partial charge is 0.338 e. The average Bonchev–Trinajstić information content (AvgIpc) is 2.34. The van der Waals surface area contributed by atoms with E-state index in [0.717, 1.165) is 11.1 Å². The Morgan fingerprint density at radius 2 is 2.12 bits per heavy atom. The zero-order valence-corrected chi connectivity index (χ0v) is 11.0. The van der Waals surface area contributed by atoms with E-state index in [2.05, 4.69) is 20.7 Å². The molecule has 0 fully saturated rings. The predicted molar refractivity (Wildman–Crippen MR) is 66.4 cm³/mol. The summed E-state index contributed by atoms with van der Waals surface area (Å²) in [5, 5.41) is 9.12. The first-order valence-electron chi connectivity index (χ1n) is 5.06. The number of carbonyl (C=O) groups excluding carboxylic acids is 1. The van der Waals surface area contributed by atoms with Crippen LogP contribution in [0.1, 0.15) is 27.9 Å². The third-order valence-electron chi connectivity index (χ3n) is 2.35. The van der Waals surface area contributed by atoms with E-state index in [9.17, 15) is 9.59 Å². The number of carboxylic acids is 1. The van der Waals surface area contributed by atoms with Gasteiger partial charge in [0.25, 0.3) is 0 Å². The number of alkyl halides is 1. The first-order valence-corrected chi connectivity index (χ1v) is 6.18. The second-order valence-electron chi connectivity index (χ2n) is 3.51. The van der Waals surface area contributed by atoms with Crippen molar-refractivity contribution in [1.29, 1.82) is 0 Å². The molecule has 0 atom stereocenters. The molecule has 1 aromatic rings. The van der Waals surface area contributed by atoms with Gasteiger partial charge < -0.3 is 9.84 Å². The van der Waals surface area contributed by atoms with Gasteiger partial charge in [0.15, 0.2) is 0 Å². The third kappa shape index (κ3) is 3.85. The molecule has 0 heterocycles. The molecular weight excluding hydrogens is 288 g/mol. The molecule has 0 aromatic heterocycles. The highest BCUT2D eigenvalue weighted by molar-refractivity contribution is 9.08. The summed E-state index contributed by atoms with van der Waals surface area (Å²) in [4.78, 5) is 21.9. The number of carbonyl (C=O) groups is 2. The monoisotopic (exact) mass is 300 g/mol. The fraction of sp³-hybridized carbons (Fsp3) is 0.333. The first kappa shape index (κ1) is 13.7. The number of ether oxygens (including phenoxy) is 1. The highest BCUT2D eigenvalue weighted by atomic mass is 79.9. The van der Waals surface area contributed by atoms with Gasteiger partial charge in [-0.25, -0.2) is 4.79 Å². The van der Waals surface area contributed by atoms with E-state index in [0.29, 0.717) is 17.3 Å². The van der Waals surface area contributed by atoms with E-state index in [1.807, 2.05) is 6.07 Å². The zero-order chi connectivity index (χ0) is 12.8. The Morgan fingerprint density at radius 1 is 1.41 bits per heavy atom. The normalized spacial score (nSPS) is 10.0. The van der Waals surface area contributed by atoms with Gasteiger partial charge in [0.2, 0.25) is 0 Å². The van der Waals surface area contributed by atoms with Crippen LogP contribution < -0.4 is 0 Å². The number of carboxylic acid groups (broad SMARTS) is 1. The van der Waals surface area contributed by atoms with Crippen LogP contribution in [0.4, 0.5) is 0 Å². The van der Waals surface area contributed by atoms with Gasteiger partial charge in [-0.3, -0.25) is 4.79 Å². The maximum Gasteiger partial charge on any atom is 0.338 e. The molecule has 0 saturated carbocycles. The molecule has 1 N–H and O–H groups in total. The van der Waals surface area contributed by atoms with Crippen molar-refractivity contribution in [1.82, 2.24) is 0 Å². The highest BCUT2D eigenvalue weighted by Gasteiger charge is 2.11. The average molecular weight is 301 g/mol. The summed E-state index contributed by atoms with van der Waals surface area (Å²) in [6.45, 7) is 0. The molecule has 92 valence electrons. The molecule has 1 aromatic carbocycles. The van der Waals surface area contributed by atoms with E-state index in [1.54, 1.807) is 12.1 Å². The van der Waals surface area contributed by atoms with Crippen LogP contribution >= 0.6 is 15.9 Å². The number of esters is 1. The van der Waals surface area contributed by atoms with Crippen LogP contribution in [0.15, 0.2) is 18.2 Å². The molecule has 0 amide bonds. The summed E-state index contributed by atoms with van der Waals surface area (Å²) in [5.41, 5.74) is 2.21. The number of aliphatic carboxylic acids is 1. The largest absolute Gasteiger partial charge is 0.481 e. The second-order valence-corrected chi connectivity index (χ2v) is 4.07. The van der Waals surface area contributed by atoms with Crippen LogP contribution in [0.25, 0.3) is 0 Å². The molecule has 4 nitrogen and oxygen atoms in total. The summed E-state index contributed by atoms with van der Waals surface area (Å²) in [5.74, 6) is -1.22. The molecular formula is C12H13BrO4. The molecule has 0 saturated heterocycles. The van der Waals surface area contributed by atoms with E-state index in [-0.39, 0.29) is 12.4 Å². The number of halogens is 1. The van der Waals surface area contributed by atoms with E-state index >= 15 is 0 Å². The molecule has 0 unspecified atom stereocenters. The highest BCUT2D eigenvalue weighted by Crippen LogP contribution is 2.17. The van der Waals surface area contributed by atoms with Gasteiger partial charge in [-0.15, -0.1) is 0 Å². The summed E-state index contributed by atoms with van der Waals surface area (Å²) in [7, 11) is 1.33. The molecule has 1 rings (SSSR count). The standard InChI is InChI=1S/C12H13BrO4/c1-17-12(16)10-4-2-8(3-5-11(14)15)6-9(10)7-13/h2,4,6H,3,5,7H2,1H3,(H,14,15). The van der Waals surface area contributed by atoms with Gasteiger partial charge in [0, 0.05) is 11.8 Å². The molecule has 0 radical (unpaired) electrons. The van der Waals surface area contributed by atoms with Crippen molar-refractivity contribution in [2.24, 2.45) is 0 Å². The lowest BCUT2D eigenvalue weighted by atomic mass is 10.0. The SMILES string of the molecule is COC(=O)c1ccc(CCC(=O)O)cc1CBr. The van der Waals surface area contributed by atoms with Crippen LogP contribution in [-0.4, -0.2) is 24.2 Å². The molecule has 0 bridgehead atoms. The molecule has 0 aliphatic heterocycles. The van der Waals surface area contributed by atoms with Crippen molar-refractivity contribution in [3.05, 3.63) is 34.9 Å².